The molecule has 2 rings (SSSR count). The Morgan fingerprint density at radius 1 is 1.30 bits per heavy atom. The predicted molar refractivity (Wildman–Crippen MR) is 87.1 cm³/mol. The first-order chi connectivity index (χ1) is 9.47. The lowest BCUT2D eigenvalue weighted by Crippen LogP contribution is -2.41. The summed E-state index contributed by atoms with van der Waals surface area (Å²) in [7, 11) is 0. The third-order valence-corrected chi connectivity index (χ3v) is 4.77. The maximum absolute atomic E-state index is 14.2. The van der Waals surface area contributed by atoms with Crippen LogP contribution in [0.4, 0.5) is 10.1 Å². The molecule has 0 amide bonds. The summed E-state index contributed by atoms with van der Waals surface area (Å²) in [5.41, 5.74) is 1.85. The second-order valence-corrected chi connectivity index (χ2v) is 7.82. The van der Waals surface area contributed by atoms with E-state index in [9.17, 15) is 4.39 Å². The molecule has 0 spiro atoms. The van der Waals surface area contributed by atoms with Gasteiger partial charge in [-0.3, -0.25) is 0 Å². The van der Waals surface area contributed by atoms with Gasteiger partial charge in [-0.2, -0.15) is 11.8 Å². The maximum atomic E-state index is 14.2. The van der Waals surface area contributed by atoms with Crippen LogP contribution >= 0.6 is 11.8 Å². The number of nitrogens with zero attached hydrogens (tertiary/aromatic N) is 1. The van der Waals surface area contributed by atoms with Crippen LogP contribution in [0.25, 0.3) is 0 Å². The molecule has 2 nitrogen and oxygen atoms in total. The Labute approximate surface area is 126 Å². The smallest absolute Gasteiger partial charge is 0.129 e. The summed E-state index contributed by atoms with van der Waals surface area (Å²) < 4.78 is 14.2. The highest BCUT2D eigenvalue weighted by molar-refractivity contribution is 8.00. The first kappa shape index (κ1) is 15.6. The molecule has 0 aromatic heterocycles. The third kappa shape index (κ3) is 3.89. The summed E-state index contributed by atoms with van der Waals surface area (Å²) >= 11 is 2.02. The van der Waals surface area contributed by atoms with Crippen molar-refractivity contribution in [2.75, 3.05) is 18.0 Å². The van der Waals surface area contributed by atoms with E-state index in [1.165, 1.54) is 0 Å². The number of anilines is 1. The molecule has 1 fully saturated rings. The largest absolute Gasteiger partial charge is 0.369 e. The van der Waals surface area contributed by atoms with Crippen molar-refractivity contribution in [3.63, 3.8) is 0 Å². The van der Waals surface area contributed by atoms with Gasteiger partial charge in [0.1, 0.15) is 5.82 Å². The Bertz CT molecular complexity index is 440. The molecule has 1 aliphatic heterocycles. The third-order valence-electron chi connectivity index (χ3n) is 3.54. The molecule has 112 valence electrons. The number of hydrogen-bond acceptors (Lipinski definition) is 3. The van der Waals surface area contributed by atoms with Gasteiger partial charge < -0.3 is 10.2 Å². The van der Waals surface area contributed by atoms with Crippen LogP contribution in [0.2, 0.25) is 0 Å². The van der Waals surface area contributed by atoms with Crippen molar-refractivity contribution in [2.45, 2.75) is 50.8 Å². The van der Waals surface area contributed by atoms with Gasteiger partial charge in [-0.25, -0.2) is 4.39 Å². The molecule has 1 aromatic rings. The van der Waals surface area contributed by atoms with Crippen LogP contribution in [0.1, 0.15) is 33.3 Å². The van der Waals surface area contributed by atoms with E-state index < -0.39 is 0 Å². The van der Waals surface area contributed by atoms with Gasteiger partial charge in [0.2, 0.25) is 0 Å². The number of hydrogen-bond donors (Lipinski definition) is 1. The molecule has 0 bridgehead atoms. The first-order valence-corrected chi connectivity index (χ1v) is 8.32. The van der Waals surface area contributed by atoms with Crippen molar-refractivity contribution < 1.29 is 4.39 Å². The lowest BCUT2D eigenvalue weighted by molar-refractivity contribution is 0.551. The second kappa shape index (κ2) is 6.81. The standard InChI is InChI=1S/C16H25FN2S/c1-11(2)18-8-14-15(17)6-5-7-16(14)19-9-12(3)20-13(4)10-19/h5-7,11-13,18H,8-10H2,1-4H3. The Morgan fingerprint density at radius 2 is 1.95 bits per heavy atom. The van der Waals surface area contributed by atoms with Crippen molar-refractivity contribution in [3.8, 4) is 0 Å². The van der Waals surface area contributed by atoms with E-state index in [4.69, 9.17) is 0 Å². The second-order valence-electron chi connectivity index (χ2n) is 5.94. The van der Waals surface area contributed by atoms with Crippen LogP contribution in [-0.4, -0.2) is 29.6 Å². The topological polar surface area (TPSA) is 15.3 Å². The summed E-state index contributed by atoms with van der Waals surface area (Å²) in [6.45, 7) is 11.2. The zero-order chi connectivity index (χ0) is 14.7. The number of nitrogens with one attached hydrogen (secondary N) is 1. The molecule has 1 heterocycles. The molecular formula is C16H25FN2S. The Balaban J connectivity index is 2.23. The average molecular weight is 296 g/mol. The van der Waals surface area contributed by atoms with Gasteiger partial charge in [0.15, 0.2) is 0 Å². The first-order valence-electron chi connectivity index (χ1n) is 7.38. The van der Waals surface area contributed by atoms with Gasteiger partial charge in [0.05, 0.1) is 0 Å². The summed E-state index contributed by atoms with van der Waals surface area (Å²) in [5, 5.41) is 4.51. The summed E-state index contributed by atoms with van der Waals surface area (Å²) in [4.78, 5) is 2.34. The highest BCUT2D eigenvalue weighted by Gasteiger charge is 2.24. The van der Waals surface area contributed by atoms with Crippen molar-refractivity contribution in [2.24, 2.45) is 0 Å². The minimum Gasteiger partial charge on any atom is -0.369 e. The molecule has 2 atom stereocenters. The molecule has 4 heteroatoms. The summed E-state index contributed by atoms with van der Waals surface area (Å²) in [6, 6.07) is 5.79. The van der Waals surface area contributed by atoms with Gasteiger partial charge >= 0.3 is 0 Å². The van der Waals surface area contributed by atoms with Gasteiger partial charge in [-0.15, -0.1) is 0 Å². The number of rotatable bonds is 4. The quantitative estimate of drug-likeness (QED) is 0.913. The molecule has 1 aliphatic rings. The molecule has 0 aliphatic carbocycles. The van der Waals surface area contributed by atoms with E-state index in [1.807, 2.05) is 17.8 Å². The van der Waals surface area contributed by atoms with E-state index in [0.717, 1.165) is 24.3 Å². The lowest BCUT2D eigenvalue weighted by Gasteiger charge is -2.37. The number of thioether (sulfide) groups is 1. The molecule has 0 saturated carbocycles. The van der Waals surface area contributed by atoms with Gasteiger partial charge in [-0.05, 0) is 12.1 Å². The maximum Gasteiger partial charge on any atom is 0.129 e. The van der Waals surface area contributed by atoms with E-state index in [0.29, 0.717) is 23.1 Å². The Kier molecular flexibility index (Phi) is 5.33. The highest BCUT2D eigenvalue weighted by Crippen LogP contribution is 2.31. The fourth-order valence-electron chi connectivity index (χ4n) is 2.70. The molecule has 1 saturated heterocycles. The van der Waals surface area contributed by atoms with Crippen LogP contribution in [0.3, 0.4) is 0 Å². The van der Waals surface area contributed by atoms with Crippen LogP contribution in [-0.2, 0) is 6.54 Å². The Hall–Kier alpha value is -0.740. The van der Waals surface area contributed by atoms with Crippen molar-refractivity contribution in [1.82, 2.24) is 5.32 Å². The van der Waals surface area contributed by atoms with Crippen LogP contribution in [0.5, 0.6) is 0 Å². The summed E-state index contributed by atoms with van der Waals surface area (Å²) in [5.74, 6) is -0.103. The number of benzene rings is 1. The van der Waals surface area contributed by atoms with E-state index >= 15 is 0 Å². The fraction of sp³-hybridized carbons (Fsp3) is 0.625. The van der Waals surface area contributed by atoms with Gasteiger partial charge in [-0.1, -0.05) is 33.8 Å². The van der Waals surface area contributed by atoms with Crippen molar-refractivity contribution in [3.05, 3.63) is 29.6 Å². The van der Waals surface area contributed by atoms with Gasteiger partial charge in [0, 0.05) is 47.4 Å². The van der Waals surface area contributed by atoms with Crippen LogP contribution < -0.4 is 10.2 Å². The molecule has 20 heavy (non-hydrogen) atoms. The van der Waals surface area contributed by atoms with Crippen molar-refractivity contribution in [1.29, 1.82) is 0 Å². The number of halogens is 1. The zero-order valence-electron chi connectivity index (χ0n) is 12.8. The molecule has 1 aromatic carbocycles. The van der Waals surface area contributed by atoms with E-state index in [-0.39, 0.29) is 5.82 Å². The monoisotopic (exact) mass is 296 g/mol. The molecule has 1 N–H and O–H groups in total. The van der Waals surface area contributed by atoms with Gasteiger partial charge in [0.25, 0.3) is 0 Å². The highest BCUT2D eigenvalue weighted by atomic mass is 32.2. The van der Waals surface area contributed by atoms with E-state index in [1.54, 1.807) is 6.07 Å². The van der Waals surface area contributed by atoms with Crippen molar-refractivity contribution >= 4 is 17.4 Å². The fourth-order valence-corrected chi connectivity index (χ4v) is 4.02. The van der Waals surface area contributed by atoms with Crippen LogP contribution in [0, 0.1) is 5.82 Å². The molecule has 0 radical (unpaired) electrons. The Morgan fingerprint density at radius 3 is 2.55 bits per heavy atom. The minimum atomic E-state index is -0.103. The molecule has 2 unspecified atom stereocenters. The SMILES string of the molecule is CC(C)NCc1c(F)cccc1N1CC(C)SC(C)C1. The lowest BCUT2D eigenvalue weighted by atomic mass is 10.1. The predicted octanol–water partition coefficient (Wildman–Crippen LogP) is 3.65. The summed E-state index contributed by atoms with van der Waals surface area (Å²) in [6.07, 6.45) is 0. The molecular weight excluding hydrogens is 271 g/mol. The average Bonchev–Trinajstić information content (AvgIpc) is 2.35. The normalized spacial score (nSPS) is 23.4. The van der Waals surface area contributed by atoms with Crippen LogP contribution in [0.15, 0.2) is 18.2 Å². The minimum absolute atomic E-state index is 0.103. The zero-order valence-corrected chi connectivity index (χ0v) is 13.6. The van der Waals surface area contributed by atoms with E-state index in [2.05, 4.69) is 44.0 Å².